The van der Waals surface area contributed by atoms with Crippen LogP contribution in [0, 0.1) is 0 Å². The fourth-order valence-electron chi connectivity index (χ4n) is 2.09. The van der Waals surface area contributed by atoms with E-state index < -0.39 is 6.10 Å². The zero-order valence-electron chi connectivity index (χ0n) is 12.0. The highest BCUT2D eigenvalue weighted by Crippen LogP contribution is 2.31. The molecule has 2 rings (SSSR count). The number of anilines is 2. The molecule has 0 aliphatic carbocycles. The average Bonchev–Trinajstić information content (AvgIpc) is 2.80. The Morgan fingerprint density at radius 3 is 2.90 bits per heavy atom. The monoisotopic (exact) mass is 296 g/mol. The minimum atomic E-state index is -0.569. The number of nitrogens with zero attached hydrogens (tertiary/aromatic N) is 3. The number of thiophene rings is 1. The third-order valence-electron chi connectivity index (χ3n) is 2.99. The maximum atomic E-state index is 9.83. The van der Waals surface area contributed by atoms with E-state index in [1.807, 2.05) is 11.9 Å². The first-order chi connectivity index (χ1) is 9.55. The van der Waals surface area contributed by atoms with Gasteiger partial charge < -0.3 is 20.5 Å². The van der Waals surface area contributed by atoms with Crippen LogP contribution in [0.4, 0.5) is 11.8 Å². The second-order valence-corrected chi connectivity index (χ2v) is 5.80. The molecule has 0 bridgehead atoms. The number of fused-ring (bicyclic) bond motifs is 1. The van der Waals surface area contributed by atoms with Gasteiger partial charge in [-0.1, -0.05) is 6.92 Å². The van der Waals surface area contributed by atoms with Gasteiger partial charge in [-0.15, -0.1) is 11.3 Å². The Kier molecular flexibility index (Phi) is 4.74. The number of likely N-dealkylation sites (N-methyl/N-ethyl adjacent to an activating group) is 1. The maximum absolute atomic E-state index is 9.83. The van der Waals surface area contributed by atoms with E-state index in [1.54, 1.807) is 18.4 Å². The summed E-state index contributed by atoms with van der Waals surface area (Å²) in [5.74, 6) is 1.00. The molecule has 0 aliphatic heterocycles. The van der Waals surface area contributed by atoms with Crippen LogP contribution in [0.2, 0.25) is 0 Å². The lowest BCUT2D eigenvalue weighted by Gasteiger charge is -2.22. The molecular weight excluding hydrogens is 276 g/mol. The van der Waals surface area contributed by atoms with Crippen molar-refractivity contribution < 1.29 is 9.84 Å². The van der Waals surface area contributed by atoms with Crippen LogP contribution in [-0.2, 0) is 11.2 Å². The summed E-state index contributed by atoms with van der Waals surface area (Å²) in [4.78, 5) is 12.6. The van der Waals surface area contributed by atoms with Gasteiger partial charge in [-0.2, -0.15) is 4.98 Å². The molecule has 7 heteroatoms. The first kappa shape index (κ1) is 15.0. The Balaban J connectivity index is 2.34. The second kappa shape index (κ2) is 6.34. The van der Waals surface area contributed by atoms with Gasteiger partial charge >= 0.3 is 0 Å². The molecule has 0 fully saturated rings. The van der Waals surface area contributed by atoms with Crippen molar-refractivity contribution >= 4 is 33.3 Å². The first-order valence-electron chi connectivity index (χ1n) is 6.49. The molecule has 0 aliphatic rings. The lowest BCUT2D eigenvalue weighted by Crippen LogP contribution is -2.32. The lowest BCUT2D eigenvalue weighted by atomic mass is 10.3. The summed E-state index contributed by atoms with van der Waals surface area (Å²) in [6, 6.07) is 2.09. The molecule has 1 unspecified atom stereocenters. The van der Waals surface area contributed by atoms with Crippen LogP contribution in [0.15, 0.2) is 6.07 Å². The predicted octanol–water partition coefficient (Wildman–Crippen LogP) is 1.28. The summed E-state index contributed by atoms with van der Waals surface area (Å²) >= 11 is 1.63. The van der Waals surface area contributed by atoms with Crippen LogP contribution in [0.1, 0.15) is 11.8 Å². The molecule has 3 N–H and O–H groups in total. The number of nitrogen functional groups attached to an aromatic ring is 1. The Morgan fingerprint density at radius 1 is 1.50 bits per heavy atom. The van der Waals surface area contributed by atoms with E-state index in [9.17, 15) is 5.11 Å². The van der Waals surface area contributed by atoms with Crippen molar-refractivity contribution in [2.24, 2.45) is 0 Å². The highest BCUT2D eigenvalue weighted by atomic mass is 32.1. The fraction of sp³-hybridized carbons (Fsp3) is 0.538. The van der Waals surface area contributed by atoms with Crippen molar-refractivity contribution in [2.45, 2.75) is 19.4 Å². The smallest absolute Gasteiger partial charge is 0.223 e. The Morgan fingerprint density at radius 2 is 2.25 bits per heavy atom. The van der Waals surface area contributed by atoms with E-state index in [1.165, 1.54) is 4.88 Å². The highest BCUT2D eigenvalue weighted by Gasteiger charge is 2.16. The molecule has 110 valence electrons. The van der Waals surface area contributed by atoms with Crippen molar-refractivity contribution in [1.82, 2.24) is 9.97 Å². The molecule has 20 heavy (non-hydrogen) atoms. The van der Waals surface area contributed by atoms with Crippen LogP contribution in [-0.4, -0.2) is 48.5 Å². The van der Waals surface area contributed by atoms with E-state index in [0.717, 1.165) is 22.5 Å². The highest BCUT2D eigenvalue weighted by molar-refractivity contribution is 7.18. The summed E-state index contributed by atoms with van der Waals surface area (Å²) in [7, 11) is 3.44. The van der Waals surface area contributed by atoms with Gasteiger partial charge in [0, 0.05) is 25.6 Å². The minimum absolute atomic E-state index is 0.255. The number of rotatable bonds is 6. The van der Waals surface area contributed by atoms with Crippen molar-refractivity contribution in [3.63, 3.8) is 0 Å². The zero-order valence-corrected chi connectivity index (χ0v) is 12.8. The molecule has 0 spiro atoms. The van der Waals surface area contributed by atoms with Crippen LogP contribution in [0.25, 0.3) is 10.2 Å². The van der Waals surface area contributed by atoms with Crippen molar-refractivity contribution in [1.29, 1.82) is 0 Å². The van der Waals surface area contributed by atoms with Gasteiger partial charge in [-0.05, 0) is 12.5 Å². The Bertz CT molecular complexity index is 587. The number of hydrogen-bond donors (Lipinski definition) is 2. The molecule has 0 radical (unpaired) electrons. The normalized spacial score (nSPS) is 12.8. The summed E-state index contributed by atoms with van der Waals surface area (Å²) < 4.78 is 4.94. The summed E-state index contributed by atoms with van der Waals surface area (Å²) in [6.07, 6.45) is 0.386. The van der Waals surface area contributed by atoms with Gasteiger partial charge in [-0.3, -0.25) is 0 Å². The number of aryl methyl sites for hydroxylation is 1. The number of aromatic nitrogens is 2. The van der Waals surface area contributed by atoms with Gasteiger partial charge in [0.15, 0.2) is 0 Å². The van der Waals surface area contributed by atoms with E-state index >= 15 is 0 Å². The predicted molar refractivity (Wildman–Crippen MR) is 82.4 cm³/mol. The van der Waals surface area contributed by atoms with E-state index in [0.29, 0.717) is 6.54 Å². The van der Waals surface area contributed by atoms with Crippen LogP contribution in [0.3, 0.4) is 0 Å². The molecule has 0 saturated carbocycles. The van der Waals surface area contributed by atoms with E-state index in [4.69, 9.17) is 10.5 Å². The number of aliphatic hydroxyl groups excluding tert-OH is 1. The van der Waals surface area contributed by atoms with Crippen molar-refractivity contribution in [2.75, 3.05) is 37.9 Å². The van der Waals surface area contributed by atoms with Crippen LogP contribution < -0.4 is 10.6 Å². The molecule has 0 aromatic carbocycles. The minimum Gasteiger partial charge on any atom is -0.389 e. The van der Waals surface area contributed by atoms with Crippen LogP contribution in [0.5, 0.6) is 0 Å². The number of methoxy groups -OCH3 is 1. The largest absolute Gasteiger partial charge is 0.389 e. The third kappa shape index (κ3) is 3.17. The number of ether oxygens (including phenoxy) is 1. The molecule has 0 amide bonds. The lowest BCUT2D eigenvalue weighted by molar-refractivity contribution is 0.0694. The quantitative estimate of drug-likeness (QED) is 0.835. The van der Waals surface area contributed by atoms with E-state index in [-0.39, 0.29) is 12.6 Å². The van der Waals surface area contributed by atoms with Crippen molar-refractivity contribution in [3.8, 4) is 0 Å². The molecule has 6 nitrogen and oxygen atoms in total. The zero-order chi connectivity index (χ0) is 14.7. The van der Waals surface area contributed by atoms with Gasteiger partial charge in [-0.25, -0.2) is 4.98 Å². The summed E-state index contributed by atoms with van der Waals surface area (Å²) in [5, 5.41) is 10.8. The topological polar surface area (TPSA) is 84.5 Å². The molecular formula is C13H20N4O2S. The van der Waals surface area contributed by atoms with Crippen molar-refractivity contribution in [3.05, 3.63) is 10.9 Å². The molecule has 2 aromatic rings. The van der Waals surface area contributed by atoms with E-state index in [2.05, 4.69) is 23.0 Å². The third-order valence-corrected chi connectivity index (χ3v) is 4.17. The standard InChI is InChI=1S/C13H20N4O2S/c1-4-9-5-10-11(15-13(14)16-12(10)20-9)17(2)6-8(18)7-19-3/h5,8,18H,4,6-7H2,1-3H3,(H2,14,15,16). The maximum Gasteiger partial charge on any atom is 0.223 e. The molecule has 0 saturated heterocycles. The second-order valence-electron chi connectivity index (χ2n) is 4.68. The van der Waals surface area contributed by atoms with Gasteiger partial charge in [0.2, 0.25) is 5.95 Å². The SMILES string of the molecule is CCc1cc2c(N(C)CC(O)COC)nc(N)nc2s1. The summed E-state index contributed by atoms with van der Waals surface area (Å²) in [5.41, 5.74) is 5.77. The van der Waals surface area contributed by atoms with Gasteiger partial charge in [0.25, 0.3) is 0 Å². The number of aliphatic hydroxyl groups is 1. The molecule has 1 atom stereocenters. The van der Waals surface area contributed by atoms with Crippen LogP contribution >= 0.6 is 11.3 Å². The number of hydrogen-bond acceptors (Lipinski definition) is 7. The Labute approximate surface area is 122 Å². The summed E-state index contributed by atoms with van der Waals surface area (Å²) in [6.45, 7) is 2.82. The Hall–Kier alpha value is -1.44. The molecule has 2 aromatic heterocycles. The van der Waals surface area contributed by atoms with Gasteiger partial charge in [0.1, 0.15) is 10.6 Å². The molecule has 2 heterocycles. The average molecular weight is 296 g/mol. The fourth-order valence-corrected chi connectivity index (χ4v) is 3.05. The number of nitrogens with two attached hydrogens (primary N) is 1. The first-order valence-corrected chi connectivity index (χ1v) is 7.30. The van der Waals surface area contributed by atoms with Gasteiger partial charge in [0.05, 0.1) is 18.1 Å².